The minimum absolute atomic E-state index is 0.763. The largest absolute Gasteiger partial charge is 0.330 e. The van der Waals surface area contributed by atoms with Crippen LogP contribution in [0.5, 0.6) is 0 Å². The number of allylic oxidation sites excluding steroid dienone is 1. The van der Waals surface area contributed by atoms with Crippen LogP contribution in [0.15, 0.2) is 12.7 Å². The van der Waals surface area contributed by atoms with Gasteiger partial charge in [0.25, 0.3) is 0 Å². The van der Waals surface area contributed by atoms with Gasteiger partial charge in [0.2, 0.25) is 0 Å². The molecule has 1 heteroatoms. The highest BCUT2D eigenvalue weighted by atomic mass is 14.5. The van der Waals surface area contributed by atoms with Crippen molar-refractivity contribution in [1.82, 2.24) is 0 Å². The lowest BCUT2D eigenvalue weighted by Crippen LogP contribution is -2.34. The van der Waals surface area contributed by atoms with Crippen molar-refractivity contribution in [3.8, 4) is 0 Å². The summed E-state index contributed by atoms with van der Waals surface area (Å²) in [6.45, 7) is 6.95. The first-order chi connectivity index (χ1) is 4.79. The van der Waals surface area contributed by atoms with E-state index in [1.807, 2.05) is 0 Å². The third kappa shape index (κ3) is 1.24. The molecule has 0 saturated heterocycles. The normalized spacial score (nSPS) is 38.8. The van der Waals surface area contributed by atoms with Crippen LogP contribution in [-0.2, 0) is 0 Å². The van der Waals surface area contributed by atoms with Gasteiger partial charge in [-0.25, -0.2) is 0 Å². The molecule has 0 aromatic carbocycles. The van der Waals surface area contributed by atoms with Crippen molar-refractivity contribution in [2.75, 3.05) is 6.54 Å². The zero-order chi connectivity index (χ0) is 7.56. The highest BCUT2D eigenvalue weighted by Crippen LogP contribution is 2.42. The highest BCUT2D eigenvalue weighted by Gasteiger charge is 2.34. The van der Waals surface area contributed by atoms with E-state index in [1.54, 1.807) is 0 Å². The van der Waals surface area contributed by atoms with Gasteiger partial charge in [-0.05, 0) is 37.1 Å². The lowest BCUT2D eigenvalue weighted by atomic mass is 9.64. The number of nitrogens with two attached hydrogens (primary N) is 1. The Hall–Kier alpha value is -0.300. The van der Waals surface area contributed by atoms with E-state index in [1.165, 1.54) is 12.8 Å². The molecule has 3 unspecified atom stereocenters. The third-order valence-corrected chi connectivity index (χ3v) is 2.73. The first-order valence-corrected chi connectivity index (χ1v) is 4.12. The van der Waals surface area contributed by atoms with Crippen LogP contribution in [-0.4, -0.2) is 6.54 Å². The minimum atomic E-state index is 0.763. The van der Waals surface area contributed by atoms with E-state index in [-0.39, 0.29) is 0 Å². The Morgan fingerprint density at radius 3 is 2.80 bits per heavy atom. The number of rotatable bonds is 3. The SMILES string of the molecule is C=CC1CC(C)C1CCN. The average molecular weight is 139 g/mol. The van der Waals surface area contributed by atoms with Crippen molar-refractivity contribution in [2.24, 2.45) is 23.5 Å². The number of hydrogen-bond acceptors (Lipinski definition) is 1. The molecule has 0 spiro atoms. The molecule has 1 fully saturated rings. The van der Waals surface area contributed by atoms with Gasteiger partial charge in [-0.15, -0.1) is 6.58 Å². The molecule has 0 aromatic rings. The van der Waals surface area contributed by atoms with Crippen LogP contribution in [0.1, 0.15) is 19.8 Å². The summed E-state index contributed by atoms with van der Waals surface area (Å²) < 4.78 is 0. The van der Waals surface area contributed by atoms with Crippen LogP contribution in [0.3, 0.4) is 0 Å². The molecule has 1 aliphatic carbocycles. The Morgan fingerprint density at radius 2 is 2.40 bits per heavy atom. The second-order valence-corrected chi connectivity index (χ2v) is 3.35. The summed E-state index contributed by atoms with van der Waals surface area (Å²) in [5, 5.41) is 0. The Kier molecular flexibility index (Phi) is 2.50. The Morgan fingerprint density at radius 1 is 1.70 bits per heavy atom. The van der Waals surface area contributed by atoms with Crippen LogP contribution in [0, 0.1) is 17.8 Å². The van der Waals surface area contributed by atoms with Crippen LogP contribution in [0.4, 0.5) is 0 Å². The van der Waals surface area contributed by atoms with Crippen LogP contribution in [0.25, 0.3) is 0 Å². The van der Waals surface area contributed by atoms with Crippen molar-refractivity contribution in [3.63, 3.8) is 0 Å². The smallest absolute Gasteiger partial charge is 0.00743 e. The summed E-state index contributed by atoms with van der Waals surface area (Å²) in [5.74, 6) is 2.48. The second kappa shape index (κ2) is 3.20. The summed E-state index contributed by atoms with van der Waals surface area (Å²) in [4.78, 5) is 0. The van der Waals surface area contributed by atoms with Gasteiger partial charge in [-0.1, -0.05) is 13.0 Å². The molecule has 0 aliphatic heterocycles. The quantitative estimate of drug-likeness (QED) is 0.593. The van der Waals surface area contributed by atoms with Crippen molar-refractivity contribution < 1.29 is 0 Å². The first-order valence-electron chi connectivity index (χ1n) is 4.12. The maximum atomic E-state index is 5.48. The van der Waals surface area contributed by atoms with Gasteiger partial charge >= 0.3 is 0 Å². The fraction of sp³-hybridized carbons (Fsp3) is 0.778. The summed E-state index contributed by atoms with van der Waals surface area (Å²) >= 11 is 0. The standard InChI is InChI=1S/C9H17N/c1-3-8-6-7(2)9(8)4-5-10/h3,7-9H,1,4-6,10H2,2H3. The van der Waals surface area contributed by atoms with Crippen molar-refractivity contribution >= 4 is 0 Å². The van der Waals surface area contributed by atoms with Gasteiger partial charge in [-0.3, -0.25) is 0 Å². The van der Waals surface area contributed by atoms with Gasteiger partial charge in [0.15, 0.2) is 0 Å². The van der Waals surface area contributed by atoms with Gasteiger partial charge in [0.05, 0.1) is 0 Å². The molecule has 58 valence electrons. The molecule has 1 saturated carbocycles. The molecule has 1 rings (SSSR count). The summed E-state index contributed by atoms with van der Waals surface area (Å²) in [6.07, 6.45) is 4.59. The molecule has 1 aliphatic rings. The molecule has 0 aromatic heterocycles. The molecule has 0 amide bonds. The van der Waals surface area contributed by atoms with E-state index < -0.39 is 0 Å². The van der Waals surface area contributed by atoms with Gasteiger partial charge in [0.1, 0.15) is 0 Å². The third-order valence-electron chi connectivity index (χ3n) is 2.73. The van der Waals surface area contributed by atoms with E-state index in [0.29, 0.717) is 0 Å². The maximum Gasteiger partial charge on any atom is -0.00743 e. The summed E-state index contributed by atoms with van der Waals surface area (Å²) in [5.41, 5.74) is 5.48. The monoisotopic (exact) mass is 139 g/mol. The number of hydrogen-bond donors (Lipinski definition) is 1. The van der Waals surface area contributed by atoms with Crippen molar-refractivity contribution in [2.45, 2.75) is 19.8 Å². The zero-order valence-electron chi connectivity index (χ0n) is 6.72. The van der Waals surface area contributed by atoms with E-state index >= 15 is 0 Å². The molecule has 2 N–H and O–H groups in total. The molecule has 0 heterocycles. The lowest BCUT2D eigenvalue weighted by molar-refractivity contribution is 0.118. The summed E-state index contributed by atoms with van der Waals surface area (Å²) in [7, 11) is 0. The van der Waals surface area contributed by atoms with Crippen LogP contribution in [0.2, 0.25) is 0 Å². The predicted octanol–water partition coefficient (Wildman–Crippen LogP) is 1.79. The van der Waals surface area contributed by atoms with E-state index in [0.717, 1.165) is 24.3 Å². The molecule has 0 bridgehead atoms. The molecule has 10 heavy (non-hydrogen) atoms. The highest BCUT2D eigenvalue weighted by molar-refractivity contribution is 4.96. The van der Waals surface area contributed by atoms with Crippen LogP contribution >= 0.6 is 0 Å². The molecular weight excluding hydrogens is 122 g/mol. The van der Waals surface area contributed by atoms with Crippen molar-refractivity contribution in [1.29, 1.82) is 0 Å². The average Bonchev–Trinajstić information content (AvgIpc) is 1.95. The van der Waals surface area contributed by atoms with Crippen molar-refractivity contribution in [3.05, 3.63) is 12.7 Å². The predicted molar refractivity (Wildman–Crippen MR) is 44.6 cm³/mol. The topological polar surface area (TPSA) is 26.0 Å². The van der Waals surface area contributed by atoms with Gasteiger partial charge in [-0.2, -0.15) is 0 Å². The molecular formula is C9H17N. The van der Waals surface area contributed by atoms with E-state index in [4.69, 9.17) is 5.73 Å². The lowest BCUT2D eigenvalue weighted by Gasteiger charge is -2.41. The minimum Gasteiger partial charge on any atom is -0.330 e. The first kappa shape index (κ1) is 7.80. The fourth-order valence-electron chi connectivity index (χ4n) is 1.97. The summed E-state index contributed by atoms with van der Waals surface area (Å²) in [6, 6.07) is 0. The Bertz CT molecular complexity index is 120. The maximum absolute atomic E-state index is 5.48. The van der Waals surface area contributed by atoms with E-state index in [9.17, 15) is 0 Å². The van der Waals surface area contributed by atoms with E-state index in [2.05, 4.69) is 19.6 Å². The zero-order valence-corrected chi connectivity index (χ0v) is 6.72. The fourth-order valence-corrected chi connectivity index (χ4v) is 1.97. The van der Waals surface area contributed by atoms with Gasteiger partial charge < -0.3 is 5.73 Å². The van der Waals surface area contributed by atoms with Gasteiger partial charge in [0, 0.05) is 0 Å². The molecule has 1 nitrogen and oxygen atoms in total. The Balaban J connectivity index is 2.32. The molecule has 3 atom stereocenters. The Labute approximate surface area is 63.3 Å². The molecule has 0 radical (unpaired) electrons. The van der Waals surface area contributed by atoms with Crippen LogP contribution < -0.4 is 5.73 Å². The second-order valence-electron chi connectivity index (χ2n) is 3.35.